The third-order valence-electron chi connectivity index (χ3n) is 4.45. The monoisotopic (exact) mass is 391 g/mol. The number of carbonyl (C=O) groups excluding carboxylic acids is 2. The zero-order chi connectivity index (χ0) is 19.4. The molecule has 0 spiro atoms. The molecule has 1 atom stereocenters. The Morgan fingerprint density at radius 3 is 2.67 bits per heavy atom. The summed E-state index contributed by atoms with van der Waals surface area (Å²) in [6, 6.07) is 7.74. The first-order valence-electron chi connectivity index (χ1n) is 8.68. The van der Waals surface area contributed by atoms with Crippen LogP contribution < -0.4 is 5.32 Å². The van der Waals surface area contributed by atoms with Crippen molar-refractivity contribution in [3.63, 3.8) is 0 Å². The Morgan fingerprint density at radius 1 is 1.26 bits per heavy atom. The Hall–Kier alpha value is -2.68. The summed E-state index contributed by atoms with van der Waals surface area (Å²) in [6.07, 6.45) is 1.94. The lowest BCUT2D eigenvalue weighted by Crippen LogP contribution is -2.41. The van der Waals surface area contributed by atoms with Crippen LogP contribution >= 0.6 is 0 Å². The molecule has 1 N–H and O–H groups in total. The largest absolute Gasteiger partial charge is 0.467 e. The van der Waals surface area contributed by atoms with Crippen LogP contribution in [0.25, 0.3) is 0 Å². The van der Waals surface area contributed by atoms with Crippen molar-refractivity contribution in [1.29, 1.82) is 0 Å². The predicted octanol–water partition coefficient (Wildman–Crippen LogP) is 1.25. The first kappa shape index (κ1) is 19.1. The molecule has 9 heteroatoms. The lowest BCUT2D eigenvalue weighted by Gasteiger charge is -2.26. The van der Waals surface area contributed by atoms with E-state index in [1.807, 2.05) is 0 Å². The number of pyridine rings is 1. The van der Waals surface area contributed by atoms with Crippen molar-refractivity contribution >= 4 is 21.7 Å². The quantitative estimate of drug-likeness (QED) is 0.794. The van der Waals surface area contributed by atoms with E-state index in [2.05, 4.69) is 10.3 Å². The van der Waals surface area contributed by atoms with Crippen molar-refractivity contribution in [2.24, 2.45) is 0 Å². The molecule has 0 radical (unpaired) electrons. The van der Waals surface area contributed by atoms with Crippen LogP contribution in [-0.4, -0.2) is 54.2 Å². The van der Waals surface area contributed by atoms with Gasteiger partial charge in [0, 0.05) is 12.6 Å². The molecular formula is C18H21N3O5S. The smallest absolute Gasteiger partial charge is 0.272 e. The first-order chi connectivity index (χ1) is 12.9. The number of furan rings is 1. The third-order valence-corrected chi connectivity index (χ3v) is 6.21. The lowest BCUT2D eigenvalue weighted by molar-refractivity contribution is 0.0702. The van der Waals surface area contributed by atoms with E-state index in [0.717, 1.165) is 0 Å². The molecule has 3 heterocycles. The highest BCUT2D eigenvalue weighted by atomic mass is 32.2. The minimum atomic E-state index is -3.10. The van der Waals surface area contributed by atoms with Crippen molar-refractivity contribution < 1.29 is 22.4 Å². The molecule has 1 saturated heterocycles. The maximum absolute atomic E-state index is 12.8. The van der Waals surface area contributed by atoms with Crippen molar-refractivity contribution in [3.8, 4) is 0 Å². The van der Waals surface area contributed by atoms with E-state index in [-0.39, 0.29) is 41.4 Å². The van der Waals surface area contributed by atoms with Crippen molar-refractivity contribution in [2.75, 3.05) is 18.1 Å². The molecule has 1 unspecified atom stereocenters. The Balaban J connectivity index is 1.71. The molecule has 0 aliphatic carbocycles. The fourth-order valence-corrected chi connectivity index (χ4v) is 4.82. The second-order valence-corrected chi connectivity index (χ2v) is 8.55. The van der Waals surface area contributed by atoms with Crippen LogP contribution in [0.3, 0.4) is 0 Å². The zero-order valence-electron chi connectivity index (χ0n) is 14.9. The van der Waals surface area contributed by atoms with Gasteiger partial charge in [-0.25, -0.2) is 13.4 Å². The molecule has 2 aromatic heterocycles. The number of aromatic nitrogens is 1. The van der Waals surface area contributed by atoms with Gasteiger partial charge in [0.05, 0.1) is 24.3 Å². The molecule has 1 aliphatic rings. The Morgan fingerprint density at radius 2 is 2.04 bits per heavy atom. The summed E-state index contributed by atoms with van der Waals surface area (Å²) in [5.41, 5.74) is 0.231. The number of amides is 2. The predicted molar refractivity (Wildman–Crippen MR) is 97.9 cm³/mol. The fourth-order valence-electron chi connectivity index (χ4n) is 3.09. The lowest BCUT2D eigenvalue weighted by atomic mass is 10.2. The molecule has 0 aromatic carbocycles. The van der Waals surface area contributed by atoms with E-state index in [4.69, 9.17) is 4.42 Å². The molecule has 0 bridgehead atoms. The average molecular weight is 391 g/mol. The first-order valence-corrected chi connectivity index (χ1v) is 10.5. The topological polar surface area (TPSA) is 110 Å². The number of hydrogen-bond donors (Lipinski definition) is 1. The highest BCUT2D eigenvalue weighted by molar-refractivity contribution is 7.91. The molecular weight excluding hydrogens is 370 g/mol. The summed E-state index contributed by atoms with van der Waals surface area (Å²) in [5.74, 6) is -0.136. The van der Waals surface area contributed by atoms with Gasteiger partial charge < -0.3 is 14.6 Å². The van der Waals surface area contributed by atoms with Crippen LogP contribution in [0.4, 0.5) is 0 Å². The standard InChI is InChI=1S/C18H21N3O5S/c1-2-21(13-8-10-27(24,25)12-13)18(23)16-7-3-6-15(20-16)17(22)19-11-14-5-4-9-26-14/h3-7,9,13H,2,8,10-12H2,1H3,(H,19,22). The normalized spacial score (nSPS) is 18.2. The molecule has 2 aromatic rings. The van der Waals surface area contributed by atoms with Crippen LogP contribution in [0.2, 0.25) is 0 Å². The van der Waals surface area contributed by atoms with E-state index < -0.39 is 15.7 Å². The Labute approximate surface area is 157 Å². The Bertz CT molecular complexity index is 924. The SMILES string of the molecule is CCN(C(=O)c1cccc(C(=O)NCc2ccco2)n1)C1CCS(=O)(=O)C1. The van der Waals surface area contributed by atoms with E-state index in [1.54, 1.807) is 25.1 Å². The summed E-state index contributed by atoms with van der Waals surface area (Å²) >= 11 is 0. The van der Waals surface area contributed by atoms with Crippen molar-refractivity contribution in [1.82, 2.24) is 15.2 Å². The highest BCUT2D eigenvalue weighted by Gasteiger charge is 2.34. The van der Waals surface area contributed by atoms with E-state index >= 15 is 0 Å². The van der Waals surface area contributed by atoms with Crippen LogP contribution in [0, 0.1) is 0 Å². The number of rotatable bonds is 6. The number of sulfone groups is 1. The van der Waals surface area contributed by atoms with Gasteiger partial charge in [-0.15, -0.1) is 0 Å². The van der Waals surface area contributed by atoms with Gasteiger partial charge in [0.25, 0.3) is 11.8 Å². The maximum Gasteiger partial charge on any atom is 0.272 e. The summed E-state index contributed by atoms with van der Waals surface area (Å²) in [6.45, 7) is 2.38. The summed E-state index contributed by atoms with van der Waals surface area (Å²) in [5, 5.41) is 2.68. The molecule has 0 saturated carbocycles. The van der Waals surface area contributed by atoms with Gasteiger partial charge in [0.1, 0.15) is 17.1 Å². The summed E-state index contributed by atoms with van der Waals surface area (Å²) < 4.78 is 28.6. The summed E-state index contributed by atoms with van der Waals surface area (Å²) in [4.78, 5) is 30.8. The van der Waals surface area contributed by atoms with Crippen LogP contribution in [0.15, 0.2) is 41.0 Å². The number of carbonyl (C=O) groups is 2. The van der Waals surface area contributed by atoms with Crippen LogP contribution in [-0.2, 0) is 16.4 Å². The highest BCUT2D eigenvalue weighted by Crippen LogP contribution is 2.19. The van der Waals surface area contributed by atoms with Gasteiger partial charge in [0.2, 0.25) is 0 Å². The van der Waals surface area contributed by atoms with E-state index in [1.165, 1.54) is 23.3 Å². The van der Waals surface area contributed by atoms with Crippen molar-refractivity contribution in [2.45, 2.75) is 25.9 Å². The second kappa shape index (κ2) is 7.91. The second-order valence-electron chi connectivity index (χ2n) is 6.32. The van der Waals surface area contributed by atoms with Gasteiger partial charge >= 0.3 is 0 Å². The molecule has 8 nitrogen and oxygen atoms in total. The Kier molecular flexibility index (Phi) is 5.59. The number of nitrogens with one attached hydrogen (secondary N) is 1. The summed E-state index contributed by atoms with van der Waals surface area (Å²) in [7, 11) is -3.10. The number of hydrogen-bond acceptors (Lipinski definition) is 6. The van der Waals surface area contributed by atoms with E-state index in [0.29, 0.717) is 18.7 Å². The fraction of sp³-hybridized carbons (Fsp3) is 0.389. The maximum atomic E-state index is 12.8. The van der Waals surface area contributed by atoms with Gasteiger partial charge in [-0.2, -0.15) is 0 Å². The molecule has 3 rings (SSSR count). The zero-order valence-corrected chi connectivity index (χ0v) is 15.7. The van der Waals surface area contributed by atoms with E-state index in [9.17, 15) is 18.0 Å². The van der Waals surface area contributed by atoms with Gasteiger partial charge in [-0.05, 0) is 37.6 Å². The minimum Gasteiger partial charge on any atom is -0.467 e. The molecule has 27 heavy (non-hydrogen) atoms. The molecule has 144 valence electrons. The van der Waals surface area contributed by atoms with Crippen molar-refractivity contribution in [3.05, 3.63) is 53.7 Å². The van der Waals surface area contributed by atoms with Crippen LogP contribution in [0.5, 0.6) is 0 Å². The molecule has 1 aliphatic heterocycles. The van der Waals surface area contributed by atoms with Crippen LogP contribution in [0.1, 0.15) is 40.1 Å². The third kappa shape index (κ3) is 4.54. The number of nitrogens with zero attached hydrogens (tertiary/aromatic N) is 2. The van der Waals surface area contributed by atoms with Gasteiger partial charge in [-0.3, -0.25) is 9.59 Å². The minimum absolute atomic E-state index is 0.0318. The van der Waals surface area contributed by atoms with Gasteiger partial charge in [-0.1, -0.05) is 6.07 Å². The molecule has 2 amide bonds. The molecule has 1 fully saturated rings. The van der Waals surface area contributed by atoms with Gasteiger partial charge in [0.15, 0.2) is 9.84 Å². The average Bonchev–Trinajstić information content (AvgIpc) is 3.30.